The highest BCUT2D eigenvalue weighted by atomic mass is 16.7. The molecule has 0 aromatic heterocycles. The van der Waals surface area contributed by atoms with Gasteiger partial charge < -0.3 is 5.11 Å². The lowest BCUT2D eigenvalue weighted by Gasteiger charge is -2.29. The minimum Gasteiger partial charge on any atom is -0.481 e. The van der Waals surface area contributed by atoms with E-state index < -0.39 is 11.9 Å². The van der Waals surface area contributed by atoms with Crippen molar-refractivity contribution in [1.82, 2.24) is 5.06 Å². The molecule has 90 valence electrons. The lowest BCUT2D eigenvalue weighted by molar-refractivity contribution is -0.203. The fourth-order valence-electron chi connectivity index (χ4n) is 2.51. The molecule has 1 saturated heterocycles. The Morgan fingerprint density at radius 3 is 2.50 bits per heavy atom. The van der Waals surface area contributed by atoms with Gasteiger partial charge in [0.1, 0.15) is 0 Å². The molecule has 1 aliphatic carbocycles. The molecule has 2 unspecified atom stereocenters. The fraction of sp³-hybridized carbons (Fsp3) is 0.818. The van der Waals surface area contributed by atoms with Crippen LogP contribution in [0.4, 0.5) is 0 Å². The summed E-state index contributed by atoms with van der Waals surface area (Å²) in [7, 11) is 0. The van der Waals surface area contributed by atoms with Crippen LogP contribution in [-0.4, -0.2) is 35.2 Å². The summed E-state index contributed by atoms with van der Waals surface area (Å²) < 4.78 is 0. The van der Waals surface area contributed by atoms with Crippen LogP contribution in [0.5, 0.6) is 0 Å². The van der Waals surface area contributed by atoms with Crippen LogP contribution in [0.1, 0.15) is 32.1 Å². The normalized spacial score (nSPS) is 30.4. The topological polar surface area (TPSA) is 66.8 Å². The van der Waals surface area contributed by atoms with Gasteiger partial charge in [0.05, 0.1) is 18.4 Å². The maximum Gasteiger partial charge on any atom is 0.307 e. The molecular weight excluding hydrogens is 210 g/mol. The first kappa shape index (κ1) is 11.4. The number of aliphatic carboxylic acids is 1. The van der Waals surface area contributed by atoms with Crippen LogP contribution >= 0.6 is 0 Å². The molecular formula is C11H17NO4. The van der Waals surface area contributed by atoms with Crippen molar-refractivity contribution in [2.24, 2.45) is 11.8 Å². The highest BCUT2D eigenvalue weighted by molar-refractivity contribution is 5.84. The van der Waals surface area contributed by atoms with E-state index in [0.29, 0.717) is 26.0 Å². The molecule has 0 aromatic carbocycles. The second kappa shape index (κ2) is 4.82. The molecule has 5 nitrogen and oxygen atoms in total. The minimum absolute atomic E-state index is 0.135. The van der Waals surface area contributed by atoms with Gasteiger partial charge in [-0.15, -0.1) is 0 Å². The van der Waals surface area contributed by atoms with Crippen molar-refractivity contribution in [2.45, 2.75) is 32.1 Å². The van der Waals surface area contributed by atoms with E-state index in [2.05, 4.69) is 0 Å². The predicted molar refractivity (Wildman–Crippen MR) is 55.4 cm³/mol. The zero-order chi connectivity index (χ0) is 11.5. The summed E-state index contributed by atoms with van der Waals surface area (Å²) in [5, 5.41) is 10.4. The molecule has 1 N–H and O–H groups in total. The lowest BCUT2D eigenvalue weighted by atomic mass is 9.95. The largest absolute Gasteiger partial charge is 0.481 e. The van der Waals surface area contributed by atoms with Crippen molar-refractivity contribution in [1.29, 1.82) is 0 Å². The van der Waals surface area contributed by atoms with Crippen LogP contribution < -0.4 is 0 Å². The fourth-order valence-corrected chi connectivity index (χ4v) is 2.51. The maximum absolute atomic E-state index is 12.1. The monoisotopic (exact) mass is 227 g/mol. The van der Waals surface area contributed by atoms with Gasteiger partial charge in [0.25, 0.3) is 0 Å². The van der Waals surface area contributed by atoms with Gasteiger partial charge in [0, 0.05) is 6.54 Å². The molecule has 0 bridgehead atoms. The number of hydroxylamine groups is 2. The first-order chi connectivity index (χ1) is 7.70. The van der Waals surface area contributed by atoms with Gasteiger partial charge in [-0.3, -0.25) is 14.4 Å². The number of rotatable bonds is 2. The second-order valence-electron chi connectivity index (χ2n) is 4.46. The summed E-state index contributed by atoms with van der Waals surface area (Å²) in [5.41, 5.74) is 0. The van der Waals surface area contributed by atoms with E-state index in [4.69, 9.17) is 9.94 Å². The summed E-state index contributed by atoms with van der Waals surface area (Å²) in [6.45, 7) is 1.16. The molecule has 2 rings (SSSR count). The van der Waals surface area contributed by atoms with Crippen molar-refractivity contribution >= 4 is 11.9 Å². The molecule has 2 fully saturated rings. The van der Waals surface area contributed by atoms with Crippen molar-refractivity contribution in [3.63, 3.8) is 0 Å². The van der Waals surface area contributed by atoms with Gasteiger partial charge in [0.2, 0.25) is 5.91 Å². The molecule has 1 saturated carbocycles. The Kier molecular flexibility index (Phi) is 3.43. The summed E-state index contributed by atoms with van der Waals surface area (Å²) in [5.74, 6) is -1.88. The number of hydrogen-bond acceptors (Lipinski definition) is 3. The SMILES string of the molecule is O=C(O)C1CCCC1C(=O)N1CCCCO1. The molecule has 5 heteroatoms. The van der Waals surface area contributed by atoms with Crippen LogP contribution in [0, 0.1) is 11.8 Å². The number of hydrogen-bond donors (Lipinski definition) is 1. The van der Waals surface area contributed by atoms with Crippen LogP contribution in [0.3, 0.4) is 0 Å². The Morgan fingerprint density at radius 1 is 1.12 bits per heavy atom. The number of carbonyl (C=O) groups is 2. The van der Waals surface area contributed by atoms with Crippen LogP contribution in [0.2, 0.25) is 0 Å². The predicted octanol–water partition coefficient (Wildman–Crippen LogP) is 1.04. The van der Waals surface area contributed by atoms with Gasteiger partial charge in [-0.25, -0.2) is 5.06 Å². The Bertz CT molecular complexity index is 286. The summed E-state index contributed by atoms with van der Waals surface area (Å²) in [6, 6.07) is 0. The third-order valence-electron chi connectivity index (χ3n) is 3.40. The second-order valence-corrected chi connectivity index (χ2v) is 4.46. The first-order valence-corrected chi connectivity index (χ1v) is 5.87. The van der Waals surface area contributed by atoms with Crippen molar-refractivity contribution in [2.75, 3.05) is 13.2 Å². The highest BCUT2D eigenvalue weighted by Gasteiger charge is 2.40. The van der Waals surface area contributed by atoms with E-state index in [1.807, 2.05) is 0 Å². The quantitative estimate of drug-likeness (QED) is 0.765. The van der Waals surface area contributed by atoms with E-state index in [-0.39, 0.29) is 11.8 Å². The van der Waals surface area contributed by atoms with E-state index in [1.165, 1.54) is 5.06 Å². The summed E-state index contributed by atoms with van der Waals surface area (Å²) in [4.78, 5) is 28.3. The van der Waals surface area contributed by atoms with Gasteiger partial charge >= 0.3 is 5.97 Å². The van der Waals surface area contributed by atoms with Crippen molar-refractivity contribution < 1.29 is 19.5 Å². The smallest absolute Gasteiger partial charge is 0.307 e. The Hall–Kier alpha value is -1.10. The molecule has 1 amide bonds. The Labute approximate surface area is 94.3 Å². The molecule has 2 atom stereocenters. The number of amides is 1. The summed E-state index contributed by atoms with van der Waals surface area (Å²) >= 11 is 0. The highest BCUT2D eigenvalue weighted by Crippen LogP contribution is 2.33. The van der Waals surface area contributed by atoms with E-state index >= 15 is 0 Å². The standard InChI is InChI=1S/C11H17NO4/c13-10(12-6-1-2-7-16-12)8-4-3-5-9(8)11(14)15/h8-9H,1-7H2,(H,14,15). The lowest BCUT2D eigenvalue weighted by Crippen LogP contribution is -2.41. The number of carboxylic acids is 1. The van der Waals surface area contributed by atoms with Gasteiger partial charge in [-0.05, 0) is 25.7 Å². The zero-order valence-electron chi connectivity index (χ0n) is 9.22. The number of carboxylic acid groups (broad SMARTS) is 1. The van der Waals surface area contributed by atoms with E-state index in [0.717, 1.165) is 19.3 Å². The molecule has 1 aliphatic heterocycles. The van der Waals surface area contributed by atoms with Gasteiger partial charge in [-0.1, -0.05) is 6.42 Å². The third kappa shape index (κ3) is 2.19. The van der Waals surface area contributed by atoms with E-state index in [9.17, 15) is 9.59 Å². The van der Waals surface area contributed by atoms with Crippen LogP contribution in [-0.2, 0) is 14.4 Å². The van der Waals surface area contributed by atoms with Crippen LogP contribution in [0.15, 0.2) is 0 Å². The number of carbonyl (C=O) groups excluding carboxylic acids is 1. The maximum atomic E-state index is 12.1. The van der Waals surface area contributed by atoms with Crippen molar-refractivity contribution in [3.05, 3.63) is 0 Å². The molecule has 0 spiro atoms. The first-order valence-electron chi connectivity index (χ1n) is 5.87. The molecule has 1 heterocycles. The van der Waals surface area contributed by atoms with E-state index in [1.54, 1.807) is 0 Å². The zero-order valence-corrected chi connectivity index (χ0v) is 9.22. The van der Waals surface area contributed by atoms with Gasteiger partial charge in [0.15, 0.2) is 0 Å². The molecule has 16 heavy (non-hydrogen) atoms. The summed E-state index contributed by atoms with van der Waals surface area (Å²) in [6.07, 6.45) is 4.02. The Balaban J connectivity index is 1.99. The average Bonchev–Trinajstić information content (AvgIpc) is 2.78. The molecule has 2 aliphatic rings. The third-order valence-corrected chi connectivity index (χ3v) is 3.40. The Morgan fingerprint density at radius 2 is 1.88 bits per heavy atom. The molecule has 0 radical (unpaired) electrons. The molecule has 0 aromatic rings. The average molecular weight is 227 g/mol. The van der Waals surface area contributed by atoms with Gasteiger partial charge in [-0.2, -0.15) is 0 Å². The van der Waals surface area contributed by atoms with Crippen molar-refractivity contribution in [3.8, 4) is 0 Å². The van der Waals surface area contributed by atoms with Crippen LogP contribution in [0.25, 0.3) is 0 Å². The number of nitrogens with zero attached hydrogens (tertiary/aromatic N) is 1. The minimum atomic E-state index is -0.854.